The first-order chi connectivity index (χ1) is 0. The first-order valence-corrected chi connectivity index (χ1v) is 0. The Labute approximate surface area is 273 Å². The van der Waals surface area contributed by atoms with Crippen molar-refractivity contribution in [2.75, 3.05) is 0 Å². The summed E-state index contributed by atoms with van der Waals surface area (Å²) in [5.41, 5.74) is 0. The van der Waals surface area contributed by atoms with Crippen LogP contribution >= 0.6 is 0 Å². The molecule has 12 nitrogen and oxygen atoms in total. The maximum absolute atomic E-state index is 0. The van der Waals surface area contributed by atoms with Gasteiger partial charge < -0.3 is 65.7 Å². The summed E-state index contributed by atoms with van der Waals surface area (Å²) in [7, 11) is 0. The van der Waals surface area contributed by atoms with Crippen LogP contribution in [0.1, 0.15) is 0 Å². The molecule has 0 aliphatic rings. The van der Waals surface area contributed by atoms with Crippen LogP contribution in [0, 0.1) is 149 Å². The average molecular weight is 1020 g/mol. The van der Waals surface area contributed by atoms with Gasteiger partial charge in [0.25, 0.3) is 0 Å². The molecule has 19 heteroatoms. The normalized spacial score (nSPS) is 0. The summed E-state index contributed by atoms with van der Waals surface area (Å²) in [5.74, 6) is 0. The number of rotatable bonds is 0. The van der Waals surface area contributed by atoms with E-state index in [4.69, 9.17) is 0 Å². The van der Waals surface area contributed by atoms with Crippen molar-refractivity contribution in [3.63, 3.8) is 0 Å². The van der Waals surface area contributed by atoms with Crippen LogP contribution in [-0.4, -0.2) is 65.7 Å². The molecule has 0 bridgehead atoms. The van der Waals surface area contributed by atoms with Gasteiger partial charge in [-0.1, -0.05) is 0 Å². The maximum Gasteiger partial charge on any atom is 3.00 e. The number of hydrogen-bond donors (Lipinski definition) is 0. The molecular formula is H12Er4O12Ti3. The van der Waals surface area contributed by atoms with E-state index in [1.54, 1.807) is 0 Å². The van der Waals surface area contributed by atoms with Crippen LogP contribution in [-0.2, 0) is 65.2 Å². The first-order valence-electron chi connectivity index (χ1n) is 0. The second-order valence-electron chi connectivity index (χ2n) is 0. The summed E-state index contributed by atoms with van der Waals surface area (Å²) in [5, 5.41) is 0. The van der Waals surface area contributed by atoms with Crippen molar-refractivity contribution in [1.29, 1.82) is 0 Å². The molecular weight excluding hydrogens is 1000 g/mol. The summed E-state index contributed by atoms with van der Waals surface area (Å²) in [6.45, 7) is 0. The third kappa shape index (κ3) is 286. The van der Waals surface area contributed by atoms with Gasteiger partial charge in [-0.2, -0.15) is 0 Å². The van der Waals surface area contributed by atoms with Gasteiger partial charge in [0.15, 0.2) is 0 Å². The van der Waals surface area contributed by atoms with Gasteiger partial charge in [-0.15, -0.1) is 0 Å². The second kappa shape index (κ2) is 312. The van der Waals surface area contributed by atoms with E-state index in [1.807, 2.05) is 0 Å². The van der Waals surface area contributed by atoms with Crippen molar-refractivity contribution in [2.45, 2.75) is 0 Å². The maximum atomic E-state index is 0. The zero-order valence-corrected chi connectivity index (χ0v) is 20.1. The Hall–Kier alpha value is 6.65. The van der Waals surface area contributed by atoms with Gasteiger partial charge in [0.05, 0.1) is 0 Å². The van der Waals surface area contributed by atoms with Gasteiger partial charge in [-0.3, -0.25) is 0 Å². The quantitative estimate of drug-likeness (QED) is 0.235. The summed E-state index contributed by atoms with van der Waals surface area (Å²) in [4.78, 5) is 0. The fraction of sp³-hybridized carbons (Fsp3) is 0. The Kier molecular flexibility index (Phi) is 5780. The van der Waals surface area contributed by atoms with E-state index in [0.717, 1.165) is 0 Å². The number of hydrogen-bond acceptors (Lipinski definition) is 12. The Morgan fingerprint density at radius 1 is 0.158 bits per heavy atom. The second-order valence-corrected chi connectivity index (χ2v) is 0. The minimum atomic E-state index is 0. The molecule has 0 aromatic carbocycles. The summed E-state index contributed by atoms with van der Waals surface area (Å²) < 4.78 is 0. The Morgan fingerprint density at radius 3 is 0.158 bits per heavy atom. The summed E-state index contributed by atoms with van der Waals surface area (Å²) in [6, 6.07) is 0. The minimum absolute atomic E-state index is 0. The predicted molar refractivity (Wildman–Crippen MR) is 23.2 cm³/mol. The van der Waals surface area contributed by atoms with E-state index in [0.29, 0.717) is 0 Å². The zero-order valence-electron chi connectivity index (χ0n) is 8.02. The van der Waals surface area contributed by atoms with Crippen LogP contribution in [0.25, 0.3) is 0 Å². The molecule has 4 radical (unpaired) electrons. The van der Waals surface area contributed by atoms with Crippen LogP contribution in [0.3, 0.4) is 0 Å². The molecule has 12 N–H and O–H groups in total. The first kappa shape index (κ1) is 352. The van der Waals surface area contributed by atoms with E-state index in [2.05, 4.69) is 0 Å². The molecule has 19 heavy (non-hydrogen) atoms. The molecule has 0 saturated heterocycles. The van der Waals surface area contributed by atoms with Crippen molar-refractivity contribution < 1.29 is 280 Å². The van der Waals surface area contributed by atoms with Crippen molar-refractivity contribution in [3.8, 4) is 0 Å². The van der Waals surface area contributed by atoms with Gasteiger partial charge >= 0.3 is 149 Å². The summed E-state index contributed by atoms with van der Waals surface area (Å²) >= 11 is 0. The molecule has 0 aliphatic carbocycles. The fourth-order valence-corrected chi connectivity index (χ4v) is 0. The Morgan fingerprint density at radius 2 is 0.158 bits per heavy atom. The molecule has 0 fully saturated rings. The smallest absolute Gasteiger partial charge is 0.870 e. The SMILES string of the molecule is [Er+3].[Er+3].[Er+3].[Er+3].[OH-].[OH-].[OH-].[OH-].[OH-].[OH-].[OH-].[OH-].[OH-].[OH-].[OH-].[OH-].[Ti].[Ti].[Ti]. The molecule has 0 atom stereocenters. The van der Waals surface area contributed by atoms with Gasteiger partial charge in [0.2, 0.25) is 0 Å². The van der Waals surface area contributed by atoms with E-state index in [-0.39, 0.29) is 280 Å². The minimum Gasteiger partial charge on any atom is -0.870 e. The third-order valence-corrected chi connectivity index (χ3v) is 0. The zero-order chi connectivity index (χ0) is 0. The summed E-state index contributed by atoms with van der Waals surface area (Å²) in [6.07, 6.45) is 0. The standard InChI is InChI=1S/4Er.12H2O.3Ti/h;;;;12*1H2;;;/q4*+3;;;;;;;;;;;;;;;/p-12. The molecule has 0 unspecified atom stereocenters. The van der Waals surface area contributed by atoms with Gasteiger partial charge in [0, 0.05) is 65.2 Å². The fourth-order valence-electron chi connectivity index (χ4n) is 0. The molecule has 0 spiro atoms. The molecule has 0 aromatic heterocycles. The predicted octanol–water partition coefficient (Wildman–Crippen LogP) is -2.13. The largest absolute Gasteiger partial charge is 3.00 e. The van der Waals surface area contributed by atoms with Gasteiger partial charge in [-0.25, -0.2) is 0 Å². The van der Waals surface area contributed by atoms with Crippen molar-refractivity contribution in [1.82, 2.24) is 0 Å². The van der Waals surface area contributed by atoms with Crippen molar-refractivity contribution in [3.05, 3.63) is 0 Å². The van der Waals surface area contributed by atoms with Gasteiger partial charge in [-0.05, 0) is 0 Å². The molecule has 0 aliphatic heterocycles. The van der Waals surface area contributed by atoms with E-state index < -0.39 is 0 Å². The Balaban J connectivity index is 0. The van der Waals surface area contributed by atoms with Crippen LogP contribution in [0.2, 0.25) is 0 Å². The molecule has 0 amide bonds. The average Bonchev–Trinajstić information content (AvgIpc) is 0. The van der Waals surface area contributed by atoms with Crippen molar-refractivity contribution in [2.24, 2.45) is 0 Å². The van der Waals surface area contributed by atoms with E-state index in [1.165, 1.54) is 0 Å². The molecule has 0 heterocycles. The van der Waals surface area contributed by atoms with Gasteiger partial charge in [0.1, 0.15) is 0 Å². The molecule has 0 saturated carbocycles. The topological polar surface area (TPSA) is 360 Å². The molecule has 0 aromatic rings. The third-order valence-electron chi connectivity index (χ3n) is 0. The van der Waals surface area contributed by atoms with Crippen LogP contribution in [0.5, 0.6) is 0 Å². The van der Waals surface area contributed by atoms with E-state index in [9.17, 15) is 0 Å². The van der Waals surface area contributed by atoms with Crippen molar-refractivity contribution >= 4 is 0 Å². The monoisotopic (exact) mass is 1010 g/mol. The van der Waals surface area contributed by atoms with Crippen LogP contribution in [0.4, 0.5) is 0 Å². The van der Waals surface area contributed by atoms with E-state index >= 15 is 0 Å². The van der Waals surface area contributed by atoms with Crippen LogP contribution < -0.4 is 0 Å². The molecule has 144 valence electrons. The van der Waals surface area contributed by atoms with Crippen LogP contribution in [0.15, 0.2) is 0 Å². The Bertz CT molecular complexity index is 24.9. The molecule has 0 rings (SSSR count).